The van der Waals surface area contributed by atoms with Gasteiger partial charge in [0.2, 0.25) is 5.91 Å². The highest BCUT2D eigenvalue weighted by molar-refractivity contribution is 5.94. The van der Waals surface area contributed by atoms with Crippen molar-refractivity contribution in [2.45, 2.75) is 19.3 Å². The monoisotopic (exact) mass is 320 g/mol. The van der Waals surface area contributed by atoms with Crippen LogP contribution in [0.15, 0.2) is 24.3 Å². The lowest BCUT2D eigenvalue weighted by Gasteiger charge is -2.22. The SMILES string of the molecule is CC(C(=O)Nc1ccc(OC(F)(F)F)cc1)N(C)CC(=O)O. The first-order chi connectivity index (χ1) is 10.1. The van der Waals surface area contributed by atoms with E-state index in [0.717, 1.165) is 12.1 Å². The number of hydrogen-bond acceptors (Lipinski definition) is 4. The van der Waals surface area contributed by atoms with Crippen molar-refractivity contribution in [1.82, 2.24) is 4.90 Å². The molecule has 9 heteroatoms. The lowest BCUT2D eigenvalue weighted by Crippen LogP contribution is -2.42. The van der Waals surface area contributed by atoms with Gasteiger partial charge in [-0.1, -0.05) is 0 Å². The van der Waals surface area contributed by atoms with E-state index in [0.29, 0.717) is 0 Å². The number of nitrogens with one attached hydrogen (secondary N) is 1. The van der Waals surface area contributed by atoms with Crippen LogP contribution in [-0.2, 0) is 9.59 Å². The number of carboxylic acids is 1. The molecule has 0 heterocycles. The van der Waals surface area contributed by atoms with E-state index in [4.69, 9.17) is 5.11 Å². The zero-order valence-electron chi connectivity index (χ0n) is 11.8. The number of rotatable bonds is 6. The summed E-state index contributed by atoms with van der Waals surface area (Å²) in [5.41, 5.74) is 0.273. The van der Waals surface area contributed by atoms with E-state index in [2.05, 4.69) is 10.1 Å². The first-order valence-corrected chi connectivity index (χ1v) is 6.17. The van der Waals surface area contributed by atoms with E-state index in [1.807, 2.05) is 0 Å². The van der Waals surface area contributed by atoms with Crippen LogP contribution < -0.4 is 10.1 Å². The number of aliphatic carboxylic acids is 1. The summed E-state index contributed by atoms with van der Waals surface area (Å²) in [6.45, 7) is 1.20. The molecule has 22 heavy (non-hydrogen) atoms. The molecule has 6 nitrogen and oxygen atoms in total. The summed E-state index contributed by atoms with van der Waals surface area (Å²) in [6, 6.07) is 3.91. The Morgan fingerprint density at radius 1 is 1.32 bits per heavy atom. The predicted octanol–water partition coefficient (Wildman–Crippen LogP) is 1.93. The number of halogens is 3. The Labute approximate surface area is 124 Å². The van der Waals surface area contributed by atoms with E-state index in [9.17, 15) is 22.8 Å². The minimum absolute atomic E-state index is 0.273. The van der Waals surface area contributed by atoms with Crippen molar-refractivity contribution in [3.05, 3.63) is 24.3 Å². The standard InChI is InChI=1S/C13H15F3N2O4/c1-8(18(2)7-11(19)20)12(21)17-9-3-5-10(6-4-9)22-13(14,15)16/h3-6,8H,7H2,1-2H3,(H,17,21)(H,19,20). The third-order valence-corrected chi connectivity index (χ3v) is 2.78. The lowest BCUT2D eigenvalue weighted by atomic mass is 10.2. The van der Waals surface area contributed by atoms with Crippen LogP contribution in [0, 0.1) is 0 Å². The normalized spacial score (nSPS) is 12.8. The zero-order valence-corrected chi connectivity index (χ0v) is 11.8. The molecule has 122 valence electrons. The number of alkyl halides is 3. The predicted molar refractivity (Wildman–Crippen MR) is 71.5 cm³/mol. The Morgan fingerprint density at radius 3 is 2.32 bits per heavy atom. The average molecular weight is 320 g/mol. The average Bonchev–Trinajstić information content (AvgIpc) is 2.37. The first-order valence-electron chi connectivity index (χ1n) is 6.17. The van der Waals surface area contributed by atoms with Gasteiger partial charge in [-0.2, -0.15) is 0 Å². The highest BCUT2D eigenvalue weighted by Gasteiger charge is 2.31. The molecule has 0 aromatic heterocycles. The van der Waals surface area contributed by atoms with Gasteiger partial charge in [0.25, 0.3) is 0 Å². The maximum Gasteiger partial charge on any atom is 0.573 e. The Bertz CT molecular complexity index is 531. The number of carboxylic acid groups (broad SMARTS) is 1. The van der Waals surface area contributed by atoms with Crippen molar-refractivity contribution in [2.24, 2.45) is 0 Å². The van der Waals surface area contributed by atoms with Gasteiger partial charge >= 0.3 is 12.3 Å². The minimum Gasteiger partial charge on any atom is -0.480 e. The Kier molecular flexibility index (Phi) is 5.75. The molecule has 0 saturated carbocycles. The molecule has 0 aliphatic rings. The van der Waals surface area contributed by atoms with Gasteiger partial charge in [0.05, 0.1) is 12.6 Å². The van der Waals surface area contributed by atoms with E-state index in [1.54, 1.807) is 0 Å². The maximum atomic E-state index is 12.0. The zero-order chi connectivity index (χ0) is 16.9. The molecule has 1 aromatic carbocycles. The van der Waals surface area contributed by atoms with E-state index < -0.39 is 30.0 Å². The summed E-state index contributed by atoms with van der Waals surface area (Å²) < 4.78 is 39.7. The summed E-state index contributed by atoms with van der Waals surface area (Å²) in [7, 11) is 1.47. The molecular formula is C13H15F3N2O4. The number of amides is 1. The molecule has 1 rings (SSSR count). The Morgan fingerprint density at radius 2 is 1.86 bits per heavy atom. The van der Waals surface area contributed by atoms with Crippen molar-refractivity contribution in [1.29, 1.82) is 0 Å². The summed E-state index contributed by atoms with van der Waals surface area (Å²) >= 11 is 0. The van der Waals surface area contributed by atoms with E-state index in [1.165, 1.54) is 31.0 Å². The molecule has 1 amide bonds. The van der Waals surface area contributed by atoms with Gasteiger partial charge < -0.3 is 15.2 Å². The number of ether oxygens (including phenoxy) is 1. The summed E-state index contributed by atoms with van der Waals surface area (Å²) in [5, 5.41) is 11.1. The van der Waals surface area contributed by atoms with Gasteiger partial charge in [-0.25, -0.2) is 0 Å². The molecule has 2 N–H and O–H groups in total. The van der Waals surface area contributed by atoms with Gasteiger partial charge in [0.1, 0.15) is 5.75 Å². The fourth-order valence-electron chi connectivity index (χ4n) is 1.54. The van der Waals surface area contributed by atoms with Gasteiger partial charge in [-0.3, -0.25) is 14.5 Å². The Hall–Kier alpha value is -2.29. The van der Waals surface area contributed by atoms with Crippen LogP contribution in [0.3, 0.4) is 0 Å². The third-order valence-electron chi connectivity index (χ3n) is 2.78. The quantitative estimate of drug-likeness (QED) is 0.837. The fourth-order valence-corrected chi connectivity index (χ4v) is 1.54. The lowest BCUT2D eigenvalue weighted by molar-refractivity contribution is -0.274. The molecule has 1 unspecified atom stereocenters. The first kappa shape index (κ1) is 17.8. The molecule has 0 radical (unpaired) electrons. The maximum absolute atomic E-state index is 12.0. The van der Waals surface area contributed by atoms with Crippen molar-refractivity contribution < 1.29 is 32.6 Å². The van der Waals surface area contributed by atoms with Crippen molar-refractivity contribution in [3.63, 3.8) is 0 Å². The highest BCUT2D eigenvalue weighted by atomic mass is 19.4. The second kappa shape index (κ2) is 7.12. The summed E-state index contributed by atoms with van der Waals surface area (Å²) in [6.07, 6.45) is -4.78. The minimum atomic E-state index is -4.78. The number of likely N-dealkylation sites (N-methyl/N-ethyl adjacent to an activating group) is 1. The molecule has 0 aliphatic heterocycles. The highest BCUT2D eigenvalue weighted by Crippen LogP contribution is 2.24. The van der Waals surface area contributed by atoms with Crippen LogP contribution in [0.2, 0.25) is 0 Å². The number of carbonyl (C=O) groups is 2. The van der Waals surface area contributed by atoms with Crippen molar-refractivity contribution in [2.75, 3.05) is 18.9 Å². The van der Waals surface area contributed by atoms with E-state index in [-0.39, 0.29) is 12.2 Å². The summed E-state index contributed by atoms with van der Waals surface area (Å²) in [5.74, 6) is -1.95. The van der Waals surface area contributed by atoms with Crippen LogP contribution in [0.5, 0.6) is 5.75 Å². The molecule has 0 bridgehead atoms. The fraction of sp³-hybridized carbons (Fsp3) is 0.385. The Balaban J connectivity index is 2.63. The van der Waals surface area contributed by atoms with Crippen LogP contribution in [-0.4, -0.2) is 47.9 Å². The van der Waals surface area contributed by atoms with Gasteiger partial charge in [0, 0.05) is 5.69 Å². The van der Waals surface area contributed by atoms with Gasteiger partial charge in [-0.15, -0.1) is 13.2 Å². The molecule has 0 saturated heterocycles. The van der Waals surface area contributed by atoms with Gasteiger partial charge in [-0.05, 0) is 38.2 Å². The number of hydrogen-bond donors (Lipinski definition) is 2. The second-order valence-electron chi connectivity index (χ2n) is 4.55. The van der Waals surface area contributed by atoms with Gasteiger partial charge in [0.15, 0.2) is 0 Å². The molecule has 1 aromatic rings. The smallest absolute Gasteiger partial charge is 0.480 e. The van der Waals surface area contributed by atoms with E-state index >= 15 is 0 Å². The topological polar surface area (TPSA) is 78.9 Å². The number of nitrogens with zero attached hydrogens (tertiary/aromatic N) is 1. The molecule has 0 fully saturated rings. The summed E-state index contributed by atoms with van der Waals surface area (Å²) in [4.78, 5) is 23.8. The van der Waals surface area contributed by atoms with Crippen molar-refractivity contribution >= 4 is 17.6 Å². The number of benzene rings is 1. The molecular weight excluding hydrogens is 305 g/mol. The molecule has 0 spiro atoms. The van der Waals surface area contributed by atoms with Crippen molar-refractivity contribution in [3.8, 4) is 5.75 Å². The van der Waals surface area contributed by atoms with Crippen LogP contribution in [0.4, 0.5) is 18.9 Å². The largest absolute Gasteiger partial charge is 0.573 e. The second-order valence-corrected chi connectivity index (χ2v) is 4.55. The number of anilines is 1. The van der Waals surface area contributed by atoms with Crippen LogP contribution >= 0.6 is 0 Å². The molecule has 0 aliphatic carbocycles. The molecule has 1 atom stereocenters. The third kappa shape index (κ3) is 6.00. The number of carbonyl (C=O) groups excluding carboxylic acids is 1. The van der Waals surface area contributed by atoms with Crippen LogP contribution in [0.1, 0.15) is 6.92 Å². The van der Waals surface area contributed by atoms with Crippen LogP contribution in [0.25, 0.3) is 0 Å².